The Balaban J connectivity index is 1.33. The second-order valence-corrected chi connectivity index (χ2v) is 8.23. The van der Waals surface area contributed by atoms with Crippen molar-refractivity contribution in [3.8, 4) is 22.5 Å². The molecule has 1 saturated heterocycles. The molecule has 7 nitrogen and oxygen atoms in total. The number of nitrogens with zero attached hydrogens (tertiary/aromatic N) is 4. The van der Waals surface area contributed by atoms with E-state index in [-0.39, 0.29) is 5.91 Å². The van der Waals surface area contributed by atoms with Crippen molar-refractivity contribution in [3.05, 3.63) is 64.5 Å². The van der Waals surface area contributed by atoms with E-state index in [2.05, 4.69) is 15.7 Å². The van der Waals surface area contributed by atoms with Gasteiger partial charge in [0.25, 0.3) is 5.91 Å². The number of thiazole rings is 1. The fourth-order valence-corrected chi connectivity index (χ4v) is 4.85. The largest absolute Gasteiger partial charge is 0.360 e. The zero-order valence-corrected chi connectivity index (χ0v) is 17.3. The molecule has 152 valence electrons. The maximum absolute atomic E-state index is 12.4. The summed E-state index contributed by atoms with van der Waals surface area (Å²) in [4.78, 5) is 19.2. The van der Waals surface area contributed by atoms with Crippen LogP contribution < -0.4 is 0 Å². The molecule has 3 aromatic heterocycles. The number of amides is 1. The Bertz CT molecular complexity index is 1140. The minimum atomic E-state index is -0.0987. The highest BCUT2D eigenvalue weighted by atomic mass is 32.1. The predicted octanol–water partition coefficient (Wildman–Crippen LogP) is 4.78. The second-order valence-electron chi connectivity index (χ2n) is 7.34. The molecule has 0 radical (unpaired) electrons. The number of aryl methyl sites for hydroxylation is 1. The molecule has 0 saturated carbocycles. The van der Waals surface area contributed by atoms with Crippen LogP contribution in [0.1, 0.15) is 40.1 Å². The van der Waals surface area contributed by atoms with Gasteiger partial charge in [-0.2, -0.15) is 0 Å². The Morgan fingerprint density at radius 3 is 2.67 bits per heavy atom. The lowest BCUT2D eigenvalue weighted by atomic mass is 9.97. The number of carbonyl (C=O) groups is 1. The summed E-state index contributed by atoms with van der Waals surface area (Å²) >= 11 is 1.66. The molecule has 4 aromatic rings. The van der Waals surface area contributed by atoms with Crippen molar-refractivity contribution in [1.29, 1.82) is 0 Å². The molecule has 30 heavy (non-hydrogen) atoms. The predicted molar refractivity (Wildman–Crippen MR) is 112 cm³/mol. The van der Waals surface area contributed by atoms with Gasteiger partial charge in [-0.15, -0.1) is 11.3 Å². The van der Waals surface area contributed by atoms with Crippen LogP contribution in [-0.2, 0) is 0 Å². The van der Waals surface area contributed by atoms with E-state index < -0.39 is 0 Å². The smallest absolute Gasteiger partial charge is 0.292 e. The van der Waals surface area contributed by atoms with Crippen LogP contribution in [0.3, 0.4) is 0 Å². The van der Waals surface area contributed by atoms with Crippen molar-refractivity contribution in [2.75, 3.05) is 13.1 Å². The van der Waals surface area contributed by atoms with Gasteiger partial charge >= 0.3 is 0 Å². The van der Waals surface area contributed by atoms with E-state index in [9.17, 15) is 4.79 Å². The van der Waals surface area contributed by atoms with Crippen molar-refractivity contribution >= 4 is 17.2 Å². The maximum atomic E-state index is 12.4. The van der Waals surface area contributed by atoms with E-state index in [0.717, 1.165) is 46.1 Å². The van der Waals surface area contributed by atoms with Crippen molar-refractivity contribution in [2.24, 2.45) is 0 Å². The van der Waals surface area contributed by atoms with Crippen LogP contribution in [-0.4, -0.2) is 39.2 Å². The summed E-state index contributed by atoms with van der Waals surface area (Å²) in [6.45, 7) is 3.28. The third-order valence-electron chi connectivity index (χ3n) is 5.47. The van der Waals surface area contributed by atoms with Gasteiger partial charge in [0, 0.05) is 36.0 Å². The van der Waals surface area contributed by atoms with Gasteiger partial charge in [-0.1, -0.05) is 40.6 Å². The molecule has 0 aliphatic carbocycles. The van der Waals surface area contributed by atoms with Crippen molar-refractivity contribution in [1.82, 2.24) is 20.2 Å². The van der Waals surface area contributed by atoms with Gasteiger partial charge in [0.1, 0.15) is 11.5 Å². The molecule has 0 atom stereocenters. The van der Waals surface area contributed by atoms with E-state index in [0.29, 0.717) is 24.8 Å². The number of hydrogen-bond acceptors (Lipinski definition) is 7. The number of benzene rings is 1. The lowest BCUT2D eigenvalue weighted by molar-refractivity contribution is 0.0671. The molecule has 1 aliphatic rings. The Labute approximate surface area is 177 Å². The summed E-state index contributed by atoms with van der Waals surface area (Å²) in [6.07, 6.45) is 3.25. The van der Waals surface area contributed by atoms with Gasteiger partial charge in [-0.25, -0.2) is 4.98 Å². The Morgan fingerprint density at radius 2 is 1.93 bits per heavy atom. The first kappa shape index (κ1) is 18.7. The molecular weight excluding hydrogens is 400 g/mol. The van der Waals surface area contributed by atoms with Crippen molar-refractivity contribution in [3.63, 3.8) is 0 Å². The number of carbonyl (C=O) groups excluding carboxylic acids is 1. The normalized spacial score (nSPS) is 14.9. The van der Waals surface area contributed by atoms with E-state index in [4.69, 9.17) is 14.0 Å². The first-order valence-corrected chi connectivity index (χ1v) is 10.8. The van der Waals surface area contributed by atoms with Gasteiger partial charge < -0.3 is 13.9 Å². The molecule has 4 heterocycles. The highest BCUT2D eigenvalue weighted by Gasteiger charge is 2.28. The lowest BCUT2D eigenvalue weighted by Crippen LogP contribution is -2.37. The van der Waals surface area contributed by atoms with Gasteiger partial charge in [-0.05, 0) is 19.8 Å². The Kier molecular flexibility index (Phi) is 4.92. The van der Waals surface area contributed by atoms with Crippen LogP contribution in [0.4, 0.5) is 0 Å². The van der Waals surface area contributed by atoms with Crippen LogP contribution in [0.25, 0.3) is 22.5 Å². The lowest BCUT2D eigenvalue weighted by Gasteiger charge is -2.30. The van der Waals surface area contributed by atoms with E-state index in [1.807, 2.05) is 42.2 Å². The summed E-state index contributed by atoms with van der Waals surface area (Å²) < 4.78 is 10.5. The van der Waals surface area contributed by atoms with Gasteiger partial charge in [0.15, 0.2) is 0 Å². The SMILES string of the molecule is Cc1onc(-c2ccccc2)c1-c1csc(C2CCN(C(=O)c3ccno3)CC2)n1. The molecule has 0 N–H and O–H groups in total. The summed E-state index contributed by atoms with van der Waals surface area (Å²) in [7, 11) is 0. The average Bonchev–Trinajstić information content (AvgIpc) is 3.55. The van der Waals surface area contributed by atoms with Gasteiger partial charge in [0.2, 0.25) is 5.76 Å². The van der Waals surface area contributed by atoms with E-state index in [1.165, 1.54) is 6.20 Å². The molecule has 1 aliphatic heterocycles. The molecule has 0 spiro atoms. The Hall–Kier alpha value is -3.26. The van der Waals surface area contributed by atoms with Crippen molar-refractivity contribution < 1.29 is 13.8 Å². The molecule has 0 unspecified atom stereocenters. The standard InChI is InChI=1S/C22H20N4O3S/c1-14-19(20(25-28-14)15-5-3-2-4-6-15)17-13-30-21(24-17)16-8-11-26(12-9-16)22(27)18-7-10-23-29-18/h2-7,10,13,16H,8-9,11-12H2,1H3. The van der Waals surface area contributed by atoms with Crippen LogP contribution in [0, 0.1) is 6.92 Å². The molecule has 1 fully saturated rings. The minimum absolute atomic E-state index is 0.0987. The number of hydrogen-bond donors (Lipinski definition) is 0. The molecule has 1 aromatic carbocycles. The summed E-state index contributed by atoms with van der Waals surface area (Å²) in [5.41, 5.74) is 3.67. The molecule has 0 bridgehead atoms. The summed E-state index contributed by atoms with van der Waals surface area (Å²) in [6, 6.07) is 11.6. The minimum Gasteiger partial charge on any atom is -0.360 e. The zero-order valence-electron chi connectivity index (χ0n) is 16.4. The van der Waals surface area contributed by atoms with Gasteiger partial charge in [0.05, 0.1) is 22.5 Å². The molecule has 8 heteroatoms. The quantitative estimate of drug-likeness (QED) is 0.472. The fraction of sp³-hybridized carbons (Fsp3) is 0.273. The third kappa shape index (κ3) is 3.43. The first-order valence-electron chi connectivity index (χ1n) is 9.88. The van der Waals surface area contributed by atoms with E-state index in [1.54, 1.807) is 17.4 Å². The monoisotopic (exact) mass is 420 g/mol. The summed E-state index contributed by atoms with van der Waals surface area (Å²) in [5, 5.41) is 11.1. The maximum Gasteiger partial charge on any atom is 0.292 e. The molecule has 1 amide bonds. The number of aromatic nitrogens is 3. The van der Waals surface area contributed by atoms with Crippen molar-refractivity contribution in [2.45, 2.75) is 25.7 Å². The van der Waals surface area contributed by atoms with E-state index >= 15 is 0 Å². The molecule has 5 rings (SSSR count). The van der Waals surface area contributed by atoms with Crippen LogP contribution in [0.5, 0.6) is 0 Å². The fourth-order valence-electron chi connectivity index (χ4n) is 3.87. The zero-order chi connectivity index (χ0) is 20.5. The number of likely N-dealkylation sites (tertiary alicyclic amines) is 1. The highest BCUT2D eigenvalue weighted by molar-refractivity contribution is 7.10. The first-order chi connectivity index (χ1) is 14.7. The average molecular weight is 420 g/mol. The second kappa shape index (κ2) is 7.87. The highest BCUT2D eigenvalue weighted by Crippen LogP contribution is 2.38. The van der Waals surface area contributed by atoms with Gasteiger partial charge in [-0.3, -0.25) is 4.79 Å². The number of rotatable bonds is 4. The van der Waals surface area contributed by atoms with Crippen LogP contribution >= 0.6 is 11.3 Å². The molecular formula is C22H20N4O3S. The van der Waals surface area contributed by atoms with Crippen LogP contribution in [0.15, 0.2) is 57.0 Å². The Morgan fingerprint density at radius 1 is 1.13 bits per heavy atom. The third-order valence-corrected chi connectivity index (χ3v) is 6.48. The summed E-state index contributed by atoms with van der Waals surface area (Å²) in [5.74, 6) is 1.29. The van der Waals surface area contributed by atoms with Crippen LogP contribution in [0.2, 0.25) is 0 Å². The topological polar surface area (TPSA) is 85.3 Å². The number of piperidine rings is 1.